The highest BCUT2D eigenvalue weighted by Crippen LogP contribution is 2.26. The van der Waals surface area contributed by atoms with Crippen LogP contribution in [0.2, 0.25) is 10.0 Å². The predicted octanol–water partition coefficient (Wildman–Crippen LogP) is 4.35. The minimum Gasteiger partial charge on any atom is -0.385 e. The Kier molecular flexibility index (Phi) is 5.52. The number of nitrogen functional groups attached to an aromatic ring is 1. The number of aryl methyl sites for hydroxylation is 1. The fourth-order valence-corrected chi connectivity index (χ4v) is 3.36. The van der Waals surface area contributed by atoms with Crippen LogP contribution in [0, 0.1) is 0 Å². The second-order valence-corrected chi connectivity index (χ2v) is 6.97. The molecule has 3 aromatic rings. The maximum absolute atomic E-state index is 10.7. The van der Waals surface area contributed by atoms with Gasteiger partial charge in [-0.15, -0.1) is 0 Å². The lowest BCUT2D eigenvalue weighted by atomic mass is 10.1. The van der Waals surface area contributed by atoms with Crippen molar-refractivity contribution in [3.05, 3.63) is 58.1 Å². The molecule has 0 aliphatic heterocycles. The lowest BCUT2D eigenvalue weighted by Gasteiger charge is -2.11. The maximum Gasteiger partial charge on any atom is 0.356 e. The van der Waals surface area contributed by atoms with Gasteiger partial charge in [0.1, 0.15) is 23.7 Å². The van der Waals surface area contributed by atoms with Crippen molar-refractivity contribution >= 4 is 40.2 Å². The first-order valence-corrected chi connectivity index (χ1v) is 9.18. The Labute approximate surface area is 157 Å². The second-order valence-electron chi connectivity index (χ2n) is 6.15. The highest BCUT2D eigenvalue weighted by molar-refractivity contribution is 6.42. The first-order valence-electron chi connectivity index (χ1n) is 8.42. The van der Waals surface area contributed by atoms with Gasteiger partial charge in [0, 0.05) is 0 Å². The Bertz CT molecular complexity index is 892. The molecular weight excluding hydrogens is 357 g/mol. The Morgan fingerprint density at radius 2 is 1.92 bits per heavy atom. The number of halogens is 2. The van der Waals surface area contributed by atoms with Crippen LogP contribution in [0.3, 0.4) is 0 Å². The third-order valence-corrected chi connectivity index (χ3v) is 5.17. The van der Waals surface area contributed by atoms with Gasteiger partial charge >= 0.3 is 5.95 Å². The molecule has 0 saturated carbocycles. The summed E-state index contributed by atoms with van der Waals surface area (Å²) in [6.07, 6.45) is 1.42. The summed E-state index contributed by atoms with van der Waals surface area (Å²) in [5.74, 6) is 0.647. The zero-order valence-corrected chi connectivity index (χ0v) is 15.6. The van der Waals surface area contributed by atoms with Crippen molar-refractivity contribution in [3.8, 4) is 0 Å². The fourth-order valence-electron chi connectivity index (χ4n) is 3.05. The van der Waals surface area contributed by atoms with E-state index in [2.05, 4.69) is 17.6 Å². The number of para-hydroxylation sites is 2. The third-order valence-electron chi connectivity index (χ3n) is 4.44. The summed E-state index contributed by atoms with van der Waals surface area (Å²) in [6, 6.07) is 13.2. The smallest absolute Gasteiger partial charge is 0.356 e. The second kappa shape index (κ2) is 7.65. The van der Waals surface area contributed by atoms with Gasteiger partial charge < -0.3 is 5.11 Å². The summed E-state index contributed by atoms with van der Waals surface area (Å²) < 4.78 is 4.07. The summed E-state index contributed by atoms with van der Waals surface area (Å²) in [5.41, 5.74) is 9.21. The van der Waals surface area contributed by atoms with Crippen LogP contribution in [-0.2, 0) is 13.1 Å². The minimum absolute atomic E-state index is 0.351. The Balaban J connectivity index is 1.97. The van der Waals surface area contributed by atoms with E-state index in [4.69, 9.17) is 28.9 Å². The Morgan fingerprint density at radius 3 is 2.64 bits per heavy atom. The summed E-state index contributed by atoms with van der Waals surface area (Å²) in [4.78, 5) is 0. The molecule has 0 radical (unpaired) electrons. The molecule has 1 atom stereocenters. The summed E-state index contributed by atoms with van der Waals surface area (Å²) in [5, 5.41) is 11.6. The third kappa shape index (κ3) is 3.61. The van der Waals surface area contributed by atoms with Crippen molar-refractivity contribution < 1.29 is 9.67 Å². The number of nitrogens with two attached hydrogens (primary N) is 1. The van der Waals surface area contributed by atoms with Crippen LogP contribution in [-0.4, -0.2) is 9.67 Å². The molecule has 0 aliphatic rings. The number of hydrogen-bond donors (Lipinski definition) is 2. The van der Waals surface area contributed by atoms with Gasteiger partial charge in [-0.25, -0.2) is 9.13 Å². The molecule has 3 N–H and O–H groups in total. The molecule has 25 heavy (non-hydrogen) atoms. The molecule has 6 heteroatoms. The van der Waals surface area contributed by atoms with Gasteiger partial charge in [-0.3, -0.25) is 5.73 Å². The number of aromatic nitrogens is 2. The molecular formula is C19H22Cl2N3O+. The highest BCUT2D eigenvalue weighted by Gasteiger charge is 2.23. The molecule has 1 heterocycles. The van der Waals surface area contributed by atoms with E-state index in [1.54, 1.807) is 18.2 Å². The summed E-state index contributed by atoms with van der Waals surface area (Å²) in [6.45, 7) is 3.37. The molecule has 0 bridgehead atoms. The van der Waals surface area contributed by atoms with Crippen molar-refractivity contribution in [1.82, 2.24) is 4.57 Å². The van der Waals surface area contributed by atoms with Gasteiger partial charge in [0.25, 0.3) is 0 Å². The van der Waals surface area contributed by atoms with E-state index in [0.29, 0.717) is 28.1 Å². The monoisotopic (exact) mass is 378 g/mol. The predicted molar refractivity (Wildman–Crippen MR) is 103 cm³/mol. The first kappa shape index (κ1) is 18.1. The zero-order chi connectivity index (χ0) is 18.0. The highest BCUT2D eigenvalue weighted by atomic mass is 35.5. The minimum atomic E-state index is -0.729. The number of unbranched alkanes of at least 4 members (excludes halogenated alkanes) is 1. The number of rotatable bonds is 6. The fraction of sp³-hybridized carbons (Fsp3) is 0.316. The largest absolute Gasteiger partial charge is 0.385 e. The van der Waals surface area contributed by atoms with Crippen LogP contribution in [0.5, 0.6) is 0 Å². The Hall–Kier alpha value is -1.75. The first-order chi connectivity index (χ1) is 12.0. The van der Waals surface area contributed by atoms with Gasteiger partial charge in [0.15, 0.2) is 0 Å². The SMILES string of the molecule is CCCCn1c(N)[n+](CC(O)c2ccc(Cl)c(Cl)c2)c2ccccc21. The Morgan fingerprint density at radius 1 is 1.16 bits per heavy atom. The molecule has 0 amide bonds. The molecule has 2 aromatic carbocycles. The molecule has 132 valence electrons. The lowest BCUT2D eigenvalue weighted by Crippen LogP contribution is -2.39. The van der Waals surface area contributed by atoms with E-state index in [1.165, 1.54) is 0 Å². The average Bonchev–Trinajstić information content (AvgIpc) is 2.87. The van der Waals surface area contributed by atoms with Gasteiger partial charge in [-0.2, -0.15) is 0 Å². The molecule has 3 rings (SSSR count). The summed E-state index contributed by atoms with van der Waals surface area (Å²) >= 11 is 12.0. The van der Waals surface area contributed by atoms with E-state index < -0.39 is 6.10 Å². The van der Waals surface area contributed by atoms with Crippen molar-refractivity contribution in [3.63, 3.8) is 0 Å². The number of nitrogens with zero attached hydrogens (tertiary/aromatic N) is 2. The molecule has 0 fully saturated rings. The van der Waals surface area contributed by atoms with Crippen LogP contribution in [0.15, 0.2) is 42.5 Å². The molecule has 0 spiro atoms. The van der Waals surface area contributed by atoms with Crippen LogP contribution in [0.1, 0.15) is 31.4 Å². The lowest BCUT2D eigenvalue weighted by molar-refractivity contribution is -0.666. The van der Waals surface area contributed by atoms with Crippen LogP contribution >= 0.6 is 23.2 Å². The van der Waals surface area contributed by atoms with E-state index in [-0.39, 0.29) is 0 Å². The number of aliphatic hydroxyl groups is 1. The van der Waals surface area contributed by atoms with Crippen LogP contribution in [0.25, 0.3) is 11.0 Å². The number of hydrogen-bond acceptors (Lipinski definition) is 2. The summed E-state index contributed by atoms with van der Waals surface area (Å²) in [7, 11) is 0. The maximum atomic E-state index is 10.7. The van der Waals surface area contributed by atoms with Crippen molar-refractivity contribution in [2.45, 2.75) is 39.0 Å². The molecule has 1 unspecified atom stereocenters. The quantitative estimate of drug-likeness (QED) is 0.626. The standard InChI is InChI=1S/C19H21Cl2N3O/c1-2-3-10-23-16-6-4-5-7-17(16)24(19(23)22)12-18(25)13-8-9-14(20)15(21)11-13/h4-9,11,18,22,25H,2-3,10,12H2,1H3/p+1. The molecule has 0 saturated heterocycles. The van der Waals surface area contributed by atoms with Crippen LogP contribution in [0.4, 0.5) is 5.95 Å². The zero-order valence-electron chi connectivity index (χ0n) is 14.1. The normalized spacial score (nSPS) is 12.6. The van der Waals surface area contributed by atoms with Gasteiger partial charge in [-0.1, -0.05) is 54.7 Å². The van der Waals surface area contributed by atoms with Gasteiger partial charge in [0.2, 0.25) is 0 Å². The van der Waals surface area contributed by atoms with Crippen molar-refractivity contribution in [2.75, 3.05) is 5.73 Å². The number of imidazole rings is 1. The van der Waals surface area contributed by atoms with Gasteiger partial charge in [-0.05, 0) is 36.2 Å². The van der Waals surface area contributed by atoms with E-state index in [0.717, 1.165) is 30.4 Å². The van der Waals surface area contributed by atoms with E-state index >= 15 is 0 Å². The van der Waals surface area contributed by atoms with Crippen LogP contribution < -0.4 is 10.3 Å². The van der Waals surface area contributed by atoms with Gasteiger partial charge in [0.05, 0.1) is 16.6 Å². The van der Waals surface area contributed by atoms with E-state index in [1.807, 2.05) is 22.8 Å². The average molecular weight is 379 g/mol. The van der Waals surface area contributed by atoms with Crippen molar-refractivity contribution in [2.24, 2.45) is 0 Å². The molecule has 1 aromatic heterocycles. The number of fused-ring (bicyclic) bond motifs is 1. The number of benzene rings is 2. The van der Waals surface area contributed by atoms with Crippen molar-refractivity contribution in [1.29, 1.82) is 0 Å². The topological polar surface area (TPSA) is 55.1 Å². The number of aliphatic hydroxyl groups excluding tert-OH is 1. The van der Waals surface area contributed by atoms with E-state index in [9.17, 15) is 5.11 Å². The molecule has 0 aliphatic carbocycles. The number of anilines is 1. The molecule has 4 nitrogen and oxygen atoms in total.